The molecule has 1 saturated heterocycles. The van der Waals surface area contributed by atoms with Crippen LogP contribution in [0.25, 0.3) is 0 Å². The molecule has 0 aliphatic carbocycles. The van der Waals surface area contributed by atoms with E-state index in [-0.39, 0.29) is 10.7 Å². The molecule has 1 aromatic rings. The average molecular weight is 402 g/mol. The third-order valence-corrected chi connectivity index (χ3v) is 4.95. The quantitative estimate of drug-likeness (QED) is 0.436. The molecular formula is C18H26F3N5S. The van der Waals surface area contributed by atoms with Gasteiger partial charge in [-0.3, -0.25) is 10.3 Å². The largest absolute Gasteiger partial charge is 0.417 e. The van der Waals surface area contributed by atoms with Gasteiger partial charge in [0.15, 0.2) is 5.11 Å². The minimum absolute atomic E-state index is 0.0364. The second-order valence-corrected chi connectivity index (χ2v) is 6.94. The summed E-state index contributed by atoms with van der Waals surface area (Å²) in [6.07, 6.45) is -1.22. The van der Waals surface area contributed by atoms with E-state index in [1.807, 2.05) is 4.90 Å². The van der Waals surface area contributed by atoms with Crippen LogP contribution in [-0.4, -0.2) is 48.4 Å². The molecular weight excluding hydrogens is 375 g/mol. The second-order valence-electron chi connectivity index (χ2n) is 6.50. The van der Waals surface area contributed by atoms with Gasteiger partial charge < -0.3 is 10.6 Å². The minimum Gasteiger partial charge on any atom is -0.375 e. The van der Waals surface area contributed by atoms with Crippen molar-refractivity contribution in [2.45, 2.75) is 38.9 Å². The van der Waals surface area contributed by atoms with E-state index in [4.69, 9.17) is 5.73 Å². The molecule has 1 heterocycles. The van der Waals surface area contributed by atoms with E-state index >= 15 is 0 Å². The molecule has 0 bridgehead atoms. The smallest absolute Gasteiger partial charge is 0.375 e. The molecule has 0 radical (unpaired) electrons. The van der Waals surface area contributed by atoms with Gasteiger partial charge in [-0.2, -0.15) is 18.3 Å². The van der Waals surface area contributed by atoms with E-state index in [9.17, 15) is 13.2 Å². The molecule has 0 saturated carbocycles. The molecule has 1 aliphatic rings. The van der Waals surface area contributed by atoms with Crippen molar-refractivity contribution in [3.8, 4) is 0 Å². The monoisotopic (exact) mass is 401 g/mol. The highest BCUT2D eigenvalue weighted by molar-refractivity contribution is 7.80. The highest BCUT2D eigenvalue weighted by atomic mass is 32.1. The number of nitrogens with one attached hydrogen (secondary N) is 1. The van der Waals surface area contributed by atoms with Gasteiger partial charge in [0, 0.05) is 43.5 Å². The third-order valence-electron chi connectivity index (χ3n) is 4.86. The minimum atomic E-state index is -4.47. The number of nitrogens with two attached hydrogens (primary N) is 1. The van der Waals surface area contributed by atoms with E-state index in [1.165, 1.54) is 12.1 Å². The summed E-state index contributed by atoms with van der Waals surface area (Å²) in [7, 11) is 0. The molecule has 0 spiro atoms. The van der Waals surface area contributed by atoms with Gasteiger partial charge in [0.05, 0.1) is 11.8 Å². The standard InChI is InChI=1S/C18H26F3N5S/c1-3-14(4-2)25-7-9-26(10-8-25)15-6-5-13(12-23-24-17(22)27)16(11-15)18(19,20)21/h5-6,11-12,14H,3-4,7-10H2,1-2H3,(H3,22,24,27)/b23-12+. The molecule has 0 atom stereocenters. The summed E-state index contributed by atoms with van der Waals surface area (Å²) >= 11 is 4.59. The summed E-state index contributed by atoms with van der Waals surface area (Å²) in [6, 6.07) is 4.85. The first-order valence-electron chi connectivity index (χ1n) is 9.05. The number of hydrogen-bond acceptors (Lipinski definition) is 4. The van der Waals surface area contributed by atoms with Crippen molar-refractivity contribution in [2.24, 2.45) is 10.8 Å². The fraction of sp³-hybridized carbons (Fsp3) is 0.556. The lowest BCUT2D eigenvalue weighted by Gasteiger charge is -2.40. The number of benzene rings is 1. The lowest BCUT2D eigenvalue weighted by molar-refractivity contribution is -0.137. The van der Waals surface area contributed by atoms with E-state index < -0.39 is 11.7 Å². The molecule has 3 N–H and O–H groups in total. The lowest BCUT2D eigenvalue weighted by atomic mass is 10.1. The number of hydrazone groups is 1. The zero-order valence-electron chi connectivity index (χ0n) is 15.6. The van der Waals surface area contributed by atoms with Crippen molar-refractivity contribution >= 4 is 29.2 Å². The molecule has 1 aromatic carbocycles. The summed E-state index contributed by atoms with van der Waals surface area (Å²) in [6.45, 7) is 7.48. The Morgan fingerprint density at radius 3 is 2.41 bits per heavy atom. The number of alkyl halides is 3. The Balaban J connectivity index is 2.17. The molecule has 1 fully saturated rings. The van der Waals surface area contributed by atoms with Crippen LogP contribution >= 0.6 is 12.2 Å². The maximum Gasteiger partial charge on any atom is 0.417 e. The van der Waals surface area contributed by atoms with Crippen LogP contribution in [0.3, 0.4) is 0 Å². The molecule has 2 rings (SSSR count). The van der Waals surface area contributed by atoms with Crippen LogP contribution < -0.4 is 16.1 Å². The molecule has 27 heavy (non-hydrogen) atoms. The maximum absolute atomic E-state index is 13.5. The third kappa shape index (κ3) is 5.80. The first-order chi connectivity index (χ1) is 12.8. The van der Waals surface area contributed by atoms with Gasteiger partial charge in [0.1, 0.15) is 0 Å². The zero-order valence-corrected chi connectivity index (χ0v) is 16.4. The van der Waals surface area contributed by atoms with Gasteiger partial charge >= 0.3 is 6.18 Å². The van der Waals surface area contributed by atoms with Gasteiger partial charge in [-0.1, -0.05) is 19.9 Å². The van der Waals surface area contributed by atoms with Crippen LogP contribution in [0.4, 0.5) is 18.9 Å². The Bertz CT molecular complexity index is 665. The van der Waals surface area contributed by atoms with Gasteiger partial charge in [0.2, 0.25) is 0 Å². The van der Waals surface area contributed by atoms with Gasteiger partial charge in [-0.15, -0.1) is 0 Å². The van der Waals surface area contributed by atoms with Gasteiger partial charge in [0.25, 0.3) is 0 Å². The topological polar surface area (TPSA) is 56.9 Å². The van der Waals surface area contributed by atoms with Crippen molar-refractivity contribution in [3.63, 3.8) is 0 Å². The Hall–Kier alpha value is -1.87. The summed E-state index contributed by atoms with van der Waals surface area (Å²) in [5.74, 6) is 0. The first-order valence-corrected chi connectivity index (χ1v) is 9.45. The molecule has 150 valence electrons. The number of nitrogens with zero attached hydrogens (tertiary/aromatic N) is 3. The SMILES string of the molecule is CCC(CC)N1CCN(c2ccc(/C=N/NC(N)=S)c(C(F)(F)F)c2)CC1. The van der Waals surface area contributed by atoms with E-state index in [2.05, 4.69) is 41.5 Å². The Morgan fingerprint density at radius 2 is 1.89 bits per heavy atom. The van der Waals surface area contributed by atoms with Crippen molar-refractivity contribution in [1.82, 2.24) is 10.3 Å². The molecule has 9 heteroatoms. The Morgan fingerprint density at radius 1 is 1.26 bits per heavy atom. The van der Waals surface area contributed by atoms with Crippen molar-refractivity contribution in [1.29, 1.82) is 0 Å². The van der Waals surface area contributed by atoms with Gasteiger partial charge in [-0.05, 0) is 37.2 Å². The second kappa shape index (κ2) is 9.36. The zero-order chi connectivity index (χ0) is 20.0. The Labute approximate surface area is 163 Å². The predicted molar refractivity (Wildman–Crippen MR) is 107 cm³/mol. The van der Waals surface area contributed by atoms with Crippen LogP contribution in [-0.2, 0) is 6.18 Å². The number of anilines is 1. The summed E-state index contributed by atoms with van der Waals surface area (Å²) in [5, 5.41) is 3.54. The number of rotatable bonds is 6. The lowest BCUT2D eigenvalue weighted by Crippen LogP contribution is -2.50. The maximum atomic E-state index is 13.5. The number of thiocarbonyl (C=S) groups is 1. The molecule has 0 unspecified atom stereocenters. The number of halogens is 3. The van der Waals surface area contributed by atoms with Crippen molar-refractivity contribution in [3.05, 3.63) is 29.3 Å². The predicted octanol–water partition coefficient (Wildman–Crippen LogP) is 3.18. The first kappa shape index (κ1) is 21.4. The van der Waals surface area contributed by atoms with Crippen LogP contribution in [0.15, 0.2) is 23.3 Å². The summed E-state index contributed by atoms with van der Waals surface area (Å²) in [4.78, 5) is 4.42. The fourth-order valence-electron chi connectivity index (χ4n) is 3.41. The van der Waals surface area contributed by atoms with Crippen LogP contribution in [0.1, 0.15) is 37.8 Å². The summed E-state index contributed by atoms with van der Waals surface area (Å²) < 4.78 is 40.4. The average Bonchev–Trinajstić information content (AvgIpc) is 2.62. The van der Waals surface area contributed by atoms with E-state index in [0.717, 1.165) is 32.1 Å². The van der Waals surface area contributed by atoms with E-state index in [0.29, 0.717) is 24.8 Å². The van der Waals surface area contributed by atoms with Gasteiger partial charge in [-0.25, -0.2) is 0 Å². The highest BCUT2D eigenvalue weighted by Crippen LogP contribution is 2.34. The number of piperazine rings is 1. The molecule has 5 nitrogen and oxygen atoms in total. The van der Waals surface area contributed by atoms with Crippen LogP contribution in [0.5, 0.6) is 0 Å². The molecule has 0 aromatic heterocycles. The number of hydrogen-bond donors (Lipinski definition) is 2. The van der Waals surface area contributed by atoms with Crippen molar-refractivity contribution in [2.75, 3.05) is 31.1 Å². The fourth-order valence-corrected chi connectivity index (χ4v) is 3.47. The molecule has 1 aliphatic heterocycles. The Kier molecular flexibility index (Phi) is 7.43. The van der Waals surface area contributed by atoms with Crippen molar-refractivity contribution < 1.29 is 13.2 Å². The van der Waals surface area contributed by atoms with Crippen LogP contribution in [0.2, 0.25) is 0 Å². The van der Waals surface area contributed by atoms with Crippen LogP contribution in [0, 0.1) is 0 Å². The summed E-state index contributed by atoms with van der Waals surface area (Å²) in [5.41, 5.74) is 7.31. The highest BCUT2D eigenvalue weighted by Gasteiger charge is 2.34. The normalized spacial score (nSPS) is 16.3. The molecule has 0 amide bonds. The van der Waals surface area contributed by atoms with E-state index in [1.54, 1.807) is 6.07 Å².